The third-order valence-corrected chi connectivity index (χ3v) is 3.42. The minimum absolute atomic E-state index is 0.0149. The fourth-order valence-corrected chi connectivity index (χ4v) is 2.49. The van der Waals surface area contributed by atoms with Gasteiger partial charge in [0.1, 0.15) is 6.04 Å². The van der Waals surface area contributed by atoms with E-state index in [0.29, 0.717) is 19.5 Å². The monoisotopic (exact) mass is 245 g/mol. The van der Waals surface area contributed by atoms with Crippen molar-refractivity contribution in [1.82, 2.24) is 10.2 Å². The molecule has 0 bridgehead atoms. The summed E-state index contributed by atoms with van der Waals surface area (Å²) in [7, 11) is 0. The number of rotatable bonds is 1. The summed E-state index contributed by atoms with van der Waals surface area (Å²) >= 11 is 0. The summed E-state index contributed by atoms with van der Waals surface area (Å²) in [6.07, 6.45) is 0.702. The first-order chi connectivity index (χ1) is 8.74. The molecule has 1 aromatic carbocycles. The SMILES string of the molecule is O=C1CN(C(=O)[C@@H]2Cc3ccccc3N2)CCN1. The number of nitrogens with zero attached hydrogens (tertiary/aromatic N) is 1. The van der Waals surface area contributed by atoms with Gasteiger partial charge in [-0.25, -0.2) is 0 Å². The van der Waals surface area contributed by atoms with Crippen molar-refractivity contribution in [3.05, 3.63) is 29.8 Å². The zero-order valence-corrected chi connectivity index (χ0v) is 9.98. The smallest absolute Gasteiger partial charge is 0.245 e. The zero-order chi connectivity index (χ0) is 12.5. The second-order valence-electron chi connectivity index (χ2n) is 4.67. The van der Waals surface area contributed by atoms with Crippen molar-refractivity contribution in [2.45, 2.75) is 12.5 Å². The number of benzene rings is 1. The molecule has 94 valence electrons. The Kier molecular flexibility index (Phi) is 2.66. The predicted molar refractivity (Wildman–Crippen MR) is 67.1 cm³/mol. The molecule has 1 saturated heterocycles. The van der Waals surface area contributed by atoms with Crippen LogP contribution in [-0.4, -0.2) is 42.4 Å². The maximum absolute atomic E-state index is 12.3. The molecular weight excluding hydrogens is 230 g/mol. The summed E-state index contributed by atoms with van der Waals surface area (Å²) < 4.78 is 0. The fourth-order valence-electron chi connectivity index (χ4n) is 2.49. The number of para-hydroxylation sites is 1. The molecule has 3 rings (SSSR count). The molecule has 1 atom stereocenters. The van der Waals surface area contributed by atoms with Crippen LogP contribution >= 0.6 is 0 Å². The Balaban J connectivity index is 1.70. The van der Waals surface area contributed by atoms with E-state index in [2.05, 4.69) is 10.6 Å². The van der Waals surface area contributed by atoms with Crippen LogP contribution in [-0.2, 0) is 16.0 Å². The van der Waals surface area contributed by atoms with E-state index in [-0.39, 0.29) is 24.4 Å². The van der Waals surface area contributed by atoms with Gasteiger partial charge in [0, 0.05) is 25.2 Å². The molecule has 2 aliphatic heterocycles. The molecule has 2 heterocycles. The Morgan fingerprint density at radius 3 is 2.94 bits per heavy atom. The lowest BCUT2D eigenvalue weighted by Gasteiger charge is -2.29. The van der Waals surface area contributed by atoms with E-state index in [1.54, 1.807) is 4.90 Å². The Morgan fingerprint density at radius 2 is 2.17 bits per heavy atom. The highest BCUT2D eigenvalue weighted by Gasteiger charge is 2.31. The summed E-state index contributed by atoms with van der Waals surface area (Å²) in [5, 5.41) is 5.94. The molecule has 0 radical (unpaired) electrons. The zero-order valence-electron chi connectivity index (χ0n) is 9.98. The quantitative estimate of drug-likeness (QED) is 0.731. The van der Waals surface area contributed by atoms with Gasteiger partial charge in [0.25, 0.3) is 0 Å². The number of piperazine rings is 1. The number of amides is 2. The van der Waals surface area contributed by atoms with Gasteiger partial charge in [-0.1, -0.05) is 18.2 Å². The van der Waals surface area contributed by atoms with Crippen molar-refractivity contribution in [1.29, 1.82) is 0 Å². The van der Waals surface area contributed by atoms with Crippen molar-refractivity contribution < 1.29 is 9.59 Å². The molecule has 0 saturated carbocycles. The fraction of sp³-hybridized carbons (Fsp3) is 0.385. The molecule has 0 aromatic heterocycles. The minimum Gasteiger partial charge on any atom is -0.373 e. The molecule has 0 aliphatic carbocycles. The van der Waals surface area contributed by atoms with Crippen LogP contribution in [0.1, 0.15) is 5.56 Å². The van der Waals surface area contributed by atoms with E-state index in [1.807, 2.05) is 24.3 Å². The topological polar surface area (TPSA) is 61.4 Å². The number of carbonyl (C=O) groups is 2. The summed E-state index contributed by atoms with van der Waals surface area (Å²) in [5.74, 6) is -0.0637. The highest BCUT2D eigenvalue weighted by atomic mass is 16.2. The first-order valence-corrected chi connectivity index (χ1v) is 6.14. The Morgan fingerprint density at radius 1 is 1.33 bits per heavy atom. The van der Waals surface area contributed by atoms with Gasteiger partial charge in [0.15, 0.2) is 0 Å². The van der Waals surface area contributed by atoms with Gasteiger partial charge in [-0.15, -0.1) is 0 Å². The lowest BCUT2D eigenvalue weighted by molar-refractivity contribution is -0.138. The summed E-state index contributed by atoms with van der Waals surface area (Å²) in [6.45, 7) is 1.32. The van der Waals surface area contributed by atoms with Crippen molar-refractivity contribution >= 4 is 17.5 Å². The molecule has 2 N–H and O–H groups in total. The minimum atomic E-state index is -0.228. The van der Waals surface area contributed by atoms with Crippen LogP contribution in [0, 0.1) is 0 Å². The van der Waals surface area contributed by atoms with Gasteiger partial charge in [0.2, 0.25) is 11.8 Å². The van der Waals surface area contributed by atoms with E-state index in [4.69, 9.17) is 0 Å². The van der Waals surface area contributed by atoms with Gasteiger partial charge in [0.05, 0.1) is 6.54 Å². The van der Waals surface area contributed by atoms with E-state index in [0.717, 1.165) is 11.3 Å². The molecule has 2 aliphatic rings. The van der Waals surface area contributed by atoms with Crippen molar-refractivity contribution in [2.75, 3.05) is 25.0 Å². The van der Waals surface area contributed by atoms with Crippen molar-refractivity contribution in [2.24, 2.45) is 0 Å². The van der Waals surface area contributed by atoms with E-state index >= 15 is 0 Å². The maximum atomic E-state index is 12.3. The number of carbonyl (C=O) groups excluding carboxylic acids is 2. The number of nitrogens with one attached hydrogen (secondary N) is 2. The number of hydrogen-bond donors (Lipinski definition) is 2. The molecule has 18 heavy (non-hydrogen) atoms. The number of hydrogen-bond acceptors (Lipinski definition) is 3. The van der Waals surface area contributed by atoms with Crippen LogP contribution in [0.4, 0.5) is 5.69 Å². The third-order valence-electron chi connectivity index (χ3n) is 3.42. The van der Waals surface area contributed by atoms with Crippen LogP contribution in [0.3, 0.4) is 0 Å². The Bertz CT molecular complexity index is 476. The molecule has 1 fully saturated rings. The predicted octanol–water partition coefficient (Wildman–Crippen LogP) is -0.0184. The second kappa shape index (κ2) is 4.33. The molecule has 5 nitrogen and oxygen atoms in total. The van der Waals surface area contributed by atoms with Gasteiger partial charge in [-0.05, 0) is 11.6 Å². The summed E-state index contributed by atoms with van der Waals surface area (Å²) in [6, 6.07) is 7.70. The Labute approximate surface area is 105 Å². The molecule has 1 aromatic rings. The van der Waals surface area contributed by atoms with Gasteiger partial charge in [-0.2, -0.15) is 0 Å². The highest BCUT2D eigenvalue weighted by Crippen LogP contribution is 2.26. The van der Waals surface area contributed by atoms with Gasteiger partial charge < -0.3 is 15.5 Å². The van der Waals surface area contributed by atoms with Crippen LogP contribution in [0.2, 0.25) is 0 Å². The average molecular weight is 245 g/mol. The van der Waals surface area contributed by atoms with Crippen LogP contribution in [0.15, 0.2) is 24.3 Å². The largest absolute Gasteiger partial charge is 0.373 e. The normalized spacial score (nSPS) is 22.1. The molecule has 0 spiro atoms. The lowest BCUT2D eigenvalue weighted by atomic mass is 10.1. The first-order valence-electron chi connectivity index (χ1n) is 6.14. The lowest BCUT2D eigenvalue weighted by Crippen LogP contribution is -2.53. The van der Waals surface area contributed by atoms with Crippen LogP contribution < -0.4 is 10.6 Å². The standard InChI is InChI=1S/C13H15N3O2/c17-12-8-16(6-5-14-12)13(18)11-7-9-3-1-2-4-10(9)15-11/h1-4,11,15H,5-8H2,(H,14,17)/t11-/m0/s1. The van der Waals surface area contributed by atoms with E-state index in [1.165, 1.54) is 0 Å². The summed E-state index contributed by atoms with van der Waals surface area (Å²) in [5.41, 5.74) is 2.19. The van der Waals surface area contributed by atoms with Crippen LogP contribution in [0.25, 0.3) is 0 Å². The molecule has 5 heteroatoms. The van der Waals surface area contributed by atoms with Crippen LogP contribution in [0.5, 0.6) is 0 Å². The van der Waals surface area contributed by atoms with Crippen molar-refractivity contribution in [3.8, 4) is 0 Å². The van der Waals surface area contributed by atoms with E-state index < -0.39 is 0 Å². The third kappa shape index (κ3) is 1.92. The maximum Gasteiger partial charge on any atom is 0.245 e. The molecule has 0 unspecified atom stereocenters. The molecule has 2 amide bonds. The second-order valence-corrected chi connectivity index (χ2v) is 4.67. The first kappa shape index (κ1) is 11.1. The van der Waals surface area contributed by atoms with Gasteiger partial charge >= 0.3 is 0 Å². The number of fused-ring (bicyclic) bond motifs is 1. The highest BCUT2D eigenvalue weighted by molar-refractivity contribution is 5.91. The van der Waals surface area contributed by atoms with Gasteiger partial charge in [-0.3, -0.25) is 9.59 Å². The molecular formula is C13H15N3O2. The Hall–Kier alpha value is -2.04. The van der Waals surface area contributed by atoms with E-state index in [9.17, 15) is 9.59 Å². The average Bonchev–Trinajstić information content (AvgIpc) is 2.81. The summed E-state index contributed by atoms with van der Waals surface area (Å²) in [4.78, 5) is 25.2. The van der Waals surface area contributed by atoms with Crippen molar-refractivity contribution in [3.63, 3.8) is 0 Å². The number of anilines is 1.